The first-order chi connectivity index (χ1) is 18.6. The van der Waals surface area contributed by atoms with E-state index >= 15 is 0 Å². The van der Waals surface area contributed by atoms with Crippen LogP contribution in [0, 0.1) is 5.92 Å². The molecule has 1 saturated carbocycles. The highest BCUT2D eigenvalue weighted by atomic mass is 19.4. The Morgan fingerprint density at radius 1 is 0.950 bits per heavy atom. The van der Waals surface area contributed by atoms with E-state index in [9.17, 15) is 46.1 Å². The zero-order valence-corrected chi connectivity index (χ0v) is 21.2. The molecule has 218 valence electrons. The summed E-state index contributed by atoms with van der Waals surface area (Å²) in [5.41, 5.74) is -4.70. The summed E-state index contributed by atoms with van der Waals surface area (Å²) < 4.78 is 78.4. The van der Waals surface area contributed by atoms with Crippen LogP contribution in [0.3, 0.4) is 0 Å². The molecule has 2 fully saturated rings. The van der Waals surface area contributed by atoms with E-state index in [1.54, 1.807) is 0 Å². The third kappa shape index (κ3) is 6.26. The van der Waals surface area contributed by atoms with Gasteiger partial charge in [-0.2, -0.15) is 26.3 Å². The van der Waals surface area contributed by atoms with Gasteiger partial charge in [-0.3, -0.25) is 9.59 Å². The Kier molecular flexibility index (Phi) is 8.21. The van der Waals surface area contributed by atoms with Crippen molar-refractivity contribution in [1.29, 1.82) is 0 Å². The SMILES string of the molecule is O=C(CNC(=O)c1cccc(C(F)(F)F)c1)N[C@@]1(C2CCC(O)(c3cccc(C(F)(F)F)c3)CC2)CNC[C@@H]1O. The average Bonchev–Trinajstić information content (AvgIpc) is 3.27. The zero-order valence-electron chi connectivity index (χ0n) is 21.2. The Morgan fingerprint density at radius 2 is 1.55 bits per heavy atom. The van der Waals surface area contributed by atoms with Crippen molar-refractivity contribution in [3.05, 3.63) is 70.8 Å². The van der Waals surface area contributed by atoms with Crippen molar-refractivity contribution in [3.63, 3.8) is 0 Å². The Hall–Kier alpha value is -3.16. The molecule has 7 nitrogen and oxygen atoms in total. The van der Waals surface area contributed by atoms with Gasteiger partial charge in [-0.25, -0.2) is 0 Å². The summed E-state index contributed by atoms with van der Waals surface area (Å²) in [4.78, 5) is 25.2. The molecule has 5 N–H and O–H groups in total. The molecule has 1 heterocycles. The lowest BCUT2D eigenvalue weighted by molar-refractivity contribution is -0.138. The molecule has 2 aromatic rings. The summed E-state index contributed by atoms with van der Waals surface area (Å²) >= 11 is 0. The van der Waals surface area contributed by atoms with Crippen molar-refractivity contribution in [2.24, 2.45) is 5.92 Å². The van der Waals surface area contributed by atoms with Gasteiger partial charge in [-0.1, -0.05) is 18.2 Å². The number of carbonyl (C=O) groups excluding carboxylic acids is 2. The number of amides is 2. The third-order valence-corrected chi connectivity index (χ3v) is 7.85. The van der Waals surface area contributed by atoms with Gasteiger partial charge in [0.1, 0.15) is 0 Å². The number of rotatable bonds is 6. The summed E-state index contributed by atoms with van der Waals surface area (Å²) in [5, 5.41) is 30.1. The molecule has 2 atom stereocenters. The molecule has 40 heavy (non-hydrogen) atoms. The van der Waals surface area contributed by atoms with E-state index in [-0.39, 0.29) is 55.8 Å². The molecule has 1 saturated heterocycles. The fourth-order valence-electron chi connectivity index (χ4n) is 5.65. The minimum atomic E-state index is -4.64. The van der Waals surface area contributed by atoms with Gasteiger partial charge < -0.3 is 26.2 Å². The van der Waals surface area contributed by atoms with Crippen molar-refractivity contribution < 1.29 is 46.1 Å². The number of hydrogen-bond acceptors (Lipinski definition) is 5. The molecule has 1 aliphatic heterocycles. The lowest BCUT2D eigenvalue weighted by Gasteiger charge is -2.46. The summed E-state index contributed by atoms with van der Waals surface area (Å²) in [7, 11) is 0. The van der Waals surface area contributed by atoms with Gasteiger partial charge in [-0.05, 0) is 67.5 Å². The summed E-state index contributed by atoms with van der Waals surface area (Å²) in [6, 6.07) is 8.28. The molecule has 0 spiro atoms. The molecule has 2 aromatic carbocycles. The lowest BCUT2D eigenvalue weighted by atomic mass is 9.67. The highest BCUT2D eigenvalue weighted by Gasteiger charge is 2.52. The van der Waals surface area contributed by atoms with Crippen molar-refractivity contribution in [3.8, 4) is 0 Å². The van der Waals surface area contributed by atoms with E-state index < -0.39 is 59.1 Å². The van der Waals surface area contributed by atoms with Crippen LogP contribution in [0.4, 0.5) is 26.3 Å². The van der Waals surface area contributed by atoms with E-state index in [0.29, 0.717) is 6.07 Å². The fraction of sp³-hybridized carbons (Fsp3) is 0.481. The van der Waals surface area contributed by atoms with Crippen LogP contribution in [-0.2, 0) is 22.7 Å². The van der Waals surface area contributed by atoms with Crippen LogP contribution in [0.25, 0.3) is 0 Å². The van der Waals surface area contributed by atoms with Crippen LogP contribution in [0.1, 0.15) is 52.7 Å². The predicted molar refractivity (Wildman–Crippen MR) is 131 cm³/mol. The molecule has 2 amide bonds. The number of benzene rings is 2. The first kappa shape index (κ1) is 29.8. The van der Waals surface area contributed by atoms with Crippen LogP contribution in [0.2, 0.25) is 0 Å². The number of nitrogens with one attached hydrogen (secondary N) is 3. The number of alkyl halides is 6. The Labute approximate surface area is 226 Å². The van der Waals surface area contributed by atoms with Crippen molar-refractivity contribution in [1.82, 2.24) is 16.0 Å². The van der Waals surface area contributed by atoms with Crippen LogP contribution in [0.15, 0.2) is 48.5 Å². The summed E-state index contributed by atoms with van der Waals surface area (Å²) in [6.45, 7) is -0.232. The molecular formula is C27H29F6N3O4. The molecule has 4 rings (SSSR count). The van der Waals surface area contributed by atoms with E-state index in [2.05, 4.69) is 16.0 Å². The number of β-amino-alcohol motifs (C(OH)–C–C–N with tert-alkyl or cyclic N) is 1. The van der Waals surface area contributed by atoms with E-state index in [0.717, 1.165) is 24.3 Å². The highest BCUT2D eigenvalue weighted by Crippen LogP contribution is 2.45. The zero-order chi connectivity index (χ0) is 29.3. The largest absolute Gasteiger partial charge is 0.416 e. The normalized spacial score (nSPS) is 27.3. The maximum Gasteiger partial charge on any atom is 0.416 e. The molecule has 0 aromatic heterocycles. The Morgan fingerprint density at radius 3 is 2.12 bits per heavy atom. The molecule has 0 radical (unpaired) electrons. The molecule has 13 heteroatoms. The quantitative estimate of drug-likeness (QED) is 0.341. The number of aliphatic hydroxyl groups is 2. The molecule has 0 bridgehead atoms. The standard InChI is InChI=1S/C27H29F6N3O4/c28-26(29,30)19-5-1-3-16(11-19)23(39)35-14-22(38)36-25(15-34-13-21(25)37)17-7-9-24(40,10-8-17)18-4-2-6-20(12-18)27(31,32)33/h1-6,11-12,17,21,34,37,40H,7-10,13-15H2,(H,35,39)(H,36,38)/t17?,21-,24?,25+/m0/s1. The maximum atomic E-state index is 13.2. The Balaban J connectivity index is 1.41. The van der Waals surface area contributed by atoms with Crippen LogP contribution >= 0.6 is 0 Å². The third-order valence-electron chi connectivity index (χ3n) is 7.85. The van der Waals surface area contributed by atoms with Crippen molar-refractivity contribution in [2.45, 2.75) is 55.3 Å². The second-order valence-corrected chi connectivity index (χ2v) is 10.4. The first-order valence-corrected chi connectivity index (χ1v) is 12.7. The minimum Gasteiger partial charge on any atom is -0.389 e. The predicted octanol–water partition coefficient (Wildman–Crippen LogP) is 3.35. The van der Waals surface area contributed by atoms with Gasteiger partial charge >= 0.3 is 12.4 Å². The molecular weight excluding hydrogens is 544 g/mol. The van der Waals surface area contributed by atoms with Crippen LogP contribution in [-0.4, -0.2) is 53.3 Å². The second kappa shape index (κ2) is 11.0. The number of aliphatic hydroxyl groups excluding tert-OH is 1. The fourth-order valence-corrected chi connectivity index (χ4v) is 5.65. The smallest absolute Gasteiger partial charge is 0.389 e. The first-order valence-electron chi connectivity index (χ1n) is 12.7. The average molecular weight is 574 g/mol. The number of hydrogen-bond donors (Lipinski definition) is 5. The van der Waals surface area contributed by atoms with Crippen molar-refractivity contribution >= 4 is 11.8 Å². The Bertz CT molecular complexity index is 1240. The second-order valence-electron chi connectivity index (χ2n) is 10.4. The maximum absolute atomic E-state index is 13.2. The summed E-state index contributed by atoms with van der Waals surface area (Å²) in [6.07, 6.45) is -9.48. The number of carbonyl (C=O) groups is 2. The minimum absolute atomic E-state index is 0.0929. The van der Waals surface area contributed by atoms with Gasteiger partial charge in [0, 0.05) is 18.7 Å². The molecule has 2 aliphatic rings. The number of halogens is 6. The van der Waals surface area contributed by atoms with Crippen LogP contribution < -0.4 is 16.0 Å². The highest BCUT2D eigenvalue weighted by molar-refractivity contribution is 5.96. The summed E-state index contributed by atoms with van der Waals surface area (Å²) in [5.74, 6) is -1.92. The monoisotopic (exact) mass is 573 g/mol. The van der Waals surface area contributed by atoms with Crippen molar-refractivity contribution in [2.75, 3.05) is 19.6 Å². The van der Waals surface area contributed by atoms with E-state index in [4.69, 9.17) is 0 Å². The lowest BCUT2D eigenvalue weighted by Crippen LogP contribution is -2.63. The van der Waals surface area contributed by atoms with Gasteiger partial charge in [0.25, 0.3) is 5.91 Å². The van der Waals surface area contributed by atoms with E-state index in [1.165, 1.54) is 18.2 Å². The van der Waals surface area contributed by atoms with Gasteiger partial charge in [0.15, 0.2) is 0 Å². The van der Waals surface area contributed by atoms with Crippen LogP contribution in [0.5, 0.6) is 0 Å². The molecule has 1 aliphatic carbocycles. The van der Waals surface area contributed by atoms with Gasteiger partial charge in [0.05, 0.1) is 34.9 Å². The van der Waals surface area contributed by atoms with Gasteiger partial charge in [-0.15, -0.1) is 0 Å². The topological polar surface area (TPSA) is 111 Å². The van der Waals surface area contributed by atoms with E-state index in [1.807, 2.05) is 0 Å². The molecule has 0 unspecified atom stereocenters. The van der Waals surface area contributed by atoms with Gasteiger partial charge in [0.2, 0.25) is 5.91 Å².